The van der Waals surface area contributed by atoms with Crippen molar-refractivity contribution in [2.75, 3.05) is 19.8 Å². The van der Waals surface area contributed by atoms with Gasteiger partial charge in [0, 0.05) is 6.54 Å². The maximum atomic E-state index is 9.04. The third-order valence-electron chi connectivity index (χ3n) is 2.87. The van der Waals surface area contributed by atoms with Gasteiger partial charge in [0.15, 0.2) is 5.96 Å². The molecule has 0 aromatic heterocycles. The maximum Gasteiger partial charge on any atom is 0.191 e. The third-order valence-corrected chi connectivity index (χ3v) is 2.87. The molecule has 2 atom stereocenters. The highest BCUT2D eigenvalue weighted by atomic mass is 16.5. The molecule has 0 spiro atoms. The number of rotatable bonds is 2. The maximum absolute atomic E-state index is 9.04. The number of hydrogen-bond acceptors (Lipinski definition) is 3. The quantitative estimate of drug-likeness (QED) is 0.481. The van der Waals surface area contributed by atoms with Crippen LogP contribution in [0.2, 0.25) is 0 Å². The lowest BCUT2D eigenvalue weighted by Gasteiger charge is -2.38. The van der Waals surface area contributed by atoms with Crippen molar-refractivity contribution in [3.63, 3.8) is 0 Å². The molecule has 5 nitrogen and oxygen atoms in total. The molecule has 3 N–H and O–H groups in total. The van der Waals surface area contributed by atoms with Gasteiger partial charge in [-0.15, -0.1) is 0 Å². The first-order valence-corrected chi connectivity index (χ1v) is 5.53. The van der Waals surface area contributed by atoms with Crippen molar-refractivity contribution >= 4 is 5.96 Å². The molecule has 0 radical (unpaired) electrons. The molecule has 1 aliphatic heterocycles. The summed E-state index contributed by atoms with van der Waals surface area (Å²) in [5.41, 5.74) is 5.94. The Labute approximate surface area is 89.9 Å². The SMILES string of the molecule is CC1COC(CO)CN1C(N)=NC1CC1. The summed E-state index contributed by atoms with van der Waals surface area (Å²) in [6, 6.07) is 0.683. The molecule has 2 aliphatic rings. The van der Waals surface area contributed by atoms with E-state index >= 15 is 0 Å². The van der Waals surface area contributed by atoms with Crippen LogP contribution >= 0.6 is 0 Å². The fraction of sp³-hybridized carbons (Fsp3) is 0.900. The first kappa shape index (κ1) is 10.7. The van der Waals surface area contributed by atoms with E-state index in [9.17, 15) is 0 Å². The first-order valence-electron chi connectivity index (χ1n) is 5.53. The molecule has 0 aromatic carbocycles. The fourth-order valence-electron chi connectivity index (χ4n) is 1.71. The number of aliphatic hydroxyl groups is 1. The Morgan fingerprint density at radius 1 is 1.60 bits per heavy atom. The molecule has 86 valence electrons. The van der Waals surface area contributed by atoms with E-state index in [-0.39, 0.29) is 18.8 Å². The molecule has 1 aliphatic carbocycles. The second kappa shape index (κ2) is 4.37. The van der Waals surface area contributed by atoms with Gasteiger partial charge in [-0.1, -0.05) is 0 Å². The monoisotopic (exact) mass is 213 g/mol. The zero-order chi connectivity index (χ0) is 10.8. The summed E-state index contributed by atoms with van der Waals surface area (Å²) in [6.07, 6.45) is 2.18. The van der Waals surface area contributed by atoms with Crippen LogP contribution in [-0.4, -0.2) is 53.9 Å². The Hall–Kier alpha value is -0.810. The van der Waals surface area contributed by atoms with Gasteiger partial charge in [-0.25, -0.2) is 4.99 Å². The Morgan fingerprint density at radius 2 is 2.33 bits per heavy atom. The Balaban J connectivity index is 1.97. The van der Waals surface area contributed by atoms with Crippen LogP contribution in [0.3, 0.4) is 0 Å². The van der Waals surface area contributed by atoms with Gasteiger partial charge in [0.05, 0.1) is 31.4 Å². The average molecular weight is 213 g/mol. The molecule has 0 amide bonds. The van der Waals surface area contributed by atoms with Crippen LogP contribution in [0.1, 0.15) is 19.8 Å². The van der Waals surface area contributed by atoms with E-state index in [0.717, 1.165) is 12.8 Å². The van der Waals surface area contributed by atoms with Crippen molar-refractivity contribution < 1.29 is 9.84 Å². The highest BCUT2D eigenvalue weighted by Gasteiger charge is 2.28. The Morgan fingerprint density at radius 3 is 2.93 bits per heavy atom. The van der Waals surface area contributed by atoms with E-state index in [1.165, 1.54) is 0 Å². The topological polar surface area (TPSA) is 71.1 Å². The molecule has 2 rings (SSSR count). The number of ether oxygens (including phenoxy) is 1. The lowest BCUT2D eigenvalue weighted by atomic mass is 10.2. The normalized spacial score (nSPS) is 33.2. The molecule has 1 saturated heterocycles. The summed E-state index contributed by atoms with van der Waals surface area (Å²) < 4.78 is 5.44. The first-order chi connectivity index (χ1) is 7.20. The van der Waals surface area contributed by atoms with Gasteiger partial charge >= 0.3 is 0 Å². The lowest BCUT2D eigenvalue weighted by Crippen LogP contribution is -2.54. The van der Waals surface area contributed by atoms with Crippen molar-refractivity contribution in [3.05, 3.63) is 0 Å². The van der Waals surface area contributed by atoms with E-state index in [4.69, 9.17) is 15.6 Å². The summed E-state index contributed by atoms with van der Waals surface area (Å²) in [7, 11) is 0. The van der Waals surface area contributed by atoms with Crippen molar-refractivity contribution in [1.82, 2.24) is 4.90 Å². The van der Waals surface area contributed by atoms with Crippen molar-refractivity contribution in [2.24, 2.45) is 10.7 Å². The zero-order valence-corrected chi connectivity index (χ0v) is 9.09. The molecule has 1 saturated carbocycles. The van der Waals surface area contributed by atoms with Crippen molar-refractivity contribution in [2.45, 2.75) is 38.0 Å². The van der Waals surface area contributed by atoms with Crippen LogP contribution in [0.5, 0.6) is 0 Å². The predicted octanol–water partition coefficient (Wildman–Crippen LogP) is -0.455. The minimum atomic E-state index is -0.130. The summed E-state index contributed by atoms with van der Waals surface area (Å²) in [6.45, 7) is 3.34. The van der Waals surface area contributed by atoms with Gasteiger partial charge in [-0.05, 0) is 19.8 Å². The highest BCUT2D eigenvalue weighted by Crippen LogP contribution is 2.24. The summed E-state index contributed by atoms with van der Waals surface area (Å²) >= 11 is 0. The second-order valence-corrected chi connectivity index (χ2v) is 4.36. The van der Waals surface area contributed by atoms with Gasteiger partial charge in [0.25, 0.3) is 0 Å². The van der Waals surface area contributed by atoms with Gasteiger partial charge in [-0.3, -0.25) is 0 Å². The summed E-state index contributed by atoms with van der Waals surface area (Å²) in [4.78, 5) is 6.44. The summed E-state index contributed by atoms with van der Waals surface area (Å²) in [5.74, 6) is 0.603. The van der Waals surface area contributed by atoms with Crippen LogP contribution in [0.4, 0.5) is 0 Å². The van der Waals surface area contributed by atoms with Crippen LogP contribution < -0.4 is 5.73 Å². The van der Waals surface area contributed by atoms with E-state index in [1.807, 2.05) is 4.90 Å². The Bertz CT molecular complexity index is 253. The standard InChI is InChI=1S/C10H19N3O2/c1-7-6-15-9(5-14)4-13(7)10(11)12-8-2-3-8/h7-9,14H,2-6H2,1H3,(H2,11,12). The molecule has 2 unspecified atom stereocenters. The smallest absolute Gasteiger partial charge is 0.191 e. The predicted molar refractivity (Wildman–Crippen MR) is 57.6 cm³/mol. The van der Waals surface area contributed by atoms with E-state index < -0.39 is 0 Å². The number of hydrogen-bond donors (Lipinski definition) is 2. The molecule has 0 bridgehead atoms. The summed E-state index contributed by atoms with van der Waals surface area (Å²) in [5, 5.41) is 9.04. The van der Waals surface area contributed by atoms with Crippen LogP contribution in [0.15, 0.2) is 4.99 Å². The number of nitrogens with zero attached hydrogens (tertiary/aromatic N) is 2. The molecule has 0 aromatic rings. The van der Waals surface area contributed by atoms with Crippen LogP contribution in [-0.2, 0) is 4.74 Å². The van der Waals surface area contributed by atoms with E-state index in [1.54, 1.807) is 0 Å². The second-order valence-electron chi connectivity index (χ2n) is 4.36. The van der Waals surface area contributed by atoms with E-state index in [0.29, 0.717) is 25.2 Å². The third kappa shape index (κ3) is 2.60. The Kier molecular flexibility index (Phi) is 3.11. The van der Waals surface area contributed by atoms with Crippen LogP contribution in [0.25, 0.3) is 0 Å². The fourth-order valence-corrected chi connectivity index (χ4v) is 1.71. The van der Waals surface area contributed by atoms with Crippen molar-refractivity contribution in [1.29, 1.82) is 0 Å². The number of guanidine groups is 1. The molecule has 2 fully saturated rings. The van der Waals surface area contributed by atoms with Gasteiger partial charge < -0.3 is 20.5 Å². The van der Waals surface area contributed by atoms with Gasteiger partial charge in [-0.2, -0.15) is 0 Å². The van der Waals surface area contributed by atoms with Gasteiger partial charge in [0.1, 0.15) is 0 Å². The average Bonchev–Trinajstić information content (AvgIpc) is 3.02. The largest absolute Gasteiger partial charge is 0.394 e. The van der Waals surface area contributed by atoms with E-state index in [2.05, 4.69) is 11.9 Å². The zero-order valence-electron chi connectivity index (χ0n) is 9.09. The molecule has 1 heterocycles. The minimum Gasteiger partial charge on any atom is -0.394 e. The number of morpholine rings is 1. The number of aliphatic hydroxyl groups excluding tert-OH is 1. The molecular weight excluding hydrogens is 194 g/mol. The molecular formula is C10H19N3O2. The molecule has 15 heavy (non-hydrogen) atoms. The molecule has 5 heteroatoms. The van der Waals surface area contributed by atoms with Crippen LogP contribution in [0, 0.1) is 0 Å². The minimum absolute atomic E-state index is 0.0416. The van der Waals surface area contributed by atoms with Crippen molar-refractivity contribution in [3.8, 4) is 0 Å². The highest BCUT2D eigenvalue weighted by molar-refractivity contribution is 5.79. The lowest BCUT2D eigenvalue weighted by molar-refractivity contribution is -0.0564. The van der Waals surface area contributed by atoms with Gasteiger partial charge in [0.2, 0.25) is 0 Å². The number of nitrogens with two attached hydrogens (primary N) is 1. The number of aliphatic imine (C=N–C) groups is 1.